The number of alkyl halides is 1. The van der Waals surface area contributed by atoms with Gasteiger partial charge in [0.05, 0.1) is 6.61 Å². The highest BCUT2D eigenvalue weighted by atomic mass is 79.9. The number of aliphatic hydroxyl groups is 1. The van der Waals surface area contributed by atoms with Gasteiger partial charge in [-0.3, -0.25) is 0 Å². The van der Waals surface area contributed by atoms with E-state index in [0.29, 0.717) is 10.4 Å². The maximum absolute atomic E-state index is 9.38. The van der Waals surface area contributed by atoms with E-state index in [-0.39, 0.29) is 6.61 Å². The number of rotatable bonds is 2. The van der Waals surface area contributed by atoms with Gasteiger partial charge in [0.25, 0.3) is 0 Å². The third kappa shape index (κ3) is 1.54. The molecule has 0 bridgehead atoms. The number of halogens is 1. The summed E-state index contributed by atoms with van der Waals surface area (Å²) < 4.78 is 1.05. The van der Waals surface area contributed by atoms with Crippen LogP contribution in [-0.2, 0) is 11.9 Å². The molecule has 4 heteroatoms. The monoisotopic (exact) mass is 272 g/mol. The largest absolute Gasteiger partial charge is 0.499 e. The second-order valence-corrected chi connectivity index (χ2v) is 4.61. The maximum Gasteiger partial charge on any atom is 0.172 e. The number of thiophene rings is 1. The fourth-order valence-corrected chi connectivity index (χ4v) is 3.00. The molecule has 74 valence electrons. The molecule has 14 heavy (non-hydrogen) atoms. The van der Waals surface area contributed by atoms with Crippen LogP contribution >= 0.6 is 27.3 Å². The van der Waals surface area contributed by atoms with Crippen LogP contribution in [0.25, 0.3) is 10.1 Å². The molecule has 0 radical (unpaired) electrons. The Hall–Kier alpha value is -0.580. The van der Waals surface area contributed by atoms with Crippen LogP contribution in [-0.4, -0.2) is 10.2 Å². The van der Waals surface area contributed by atoms with Crippen LogP contribution < -0.4 is 0 Å². The zero-order chi connectivity index (χ0) is 10.1. The third-order valence-corrected chi connectivity index (χ3v) is 3.66. The second-order valence-electron chi connectivity index (χ2n) is 2.99. The Morgan fingerprint density at radius 1 is 1.36 bits per heavy atom. The average molecular weight is 273 g/mol. The SMILES string of the molecule is OCc1ccc2sc(O)cc2c1CBr. The van der Waals surface area contributed by atoms with Crippen LogP contribution in [0.3, 0.4) is 0 Å². The minimum atomic E-state index is 0.0352. The summed E-state index contributed by atoms with van der Waals surface area (Å²) in [6, 6.07) is 5.57. The summed E-state index contributed by atoms with van der Waals surface area (Å²) in [6.45, 7) is 0.0352. The highest BCUT2D eigenvalue weighted by Crippen LogP contribution is 2.35. The van der Waals surface area contributed by atoms with Gasteiger partial charge in [-0.15, -0.1) is 0 Å². The average Bonchev–Trinajstić information content (AvgIpc) is 2.56. The summed E-state index contributed by atoms with van der Waals surface area (Å²) in [4.78, 5) is 0. The summed E-state index contributed by atoms with van der Waals surface area (Å²) in [5.74, 6) is 0. The Balaban J connectivity index is 2.75. The molecule has 0 unspecified atom stereocenters. The predicted octanol–water partition coefficient (Wildman–Crippen LogP) is 2.99. The first-order valence-electron chi connectivity index (χ1n) is 4.16. The second kappa shape index (κ2) is 3.88. The van der Waals surface area contributed by atoms with Gasteiger partial charge in [-0.1, -0.05) is 33.3 Å². The van der Waals surface area contributed by atoms with Crippen molar-refractivity contribution in [2.45, 2.75) is 11.9 Å². The van der Waals surface area contributed by atoms with E-state index in [4.69, 9.17) is 5.11 Å². The van der Waals surface area contributed by atoms with Crippen LogP contribution in [0, 0.1) is 0 Å². The zero-order valence-corrected chi connectivity index (χ0v) is 9.73. The third-order valence-electron chi connectivity index (χ3n) is 2.20. The van der Waals surface area contributed by atoms with Gasteiger partial charge < -0.3 is 10.2 Å². The molecule has 0 saturated heterocycles. The van der Waals surface area contributed by atoms with Crippen molar-refractivity contribution >= 4 is 37.4 Å². The topological polar surface area (TPSA) is 40.5 Å². The van der Waals surface area contributed by atoms with E-state index >= 15 is 0 Å². The van der Waals surface area contributed by atoms with E-state index < -0.39 is 0 Å². The molecule has 1 aromatic carbocycles. The number of benzene rings is 1. The van der Waals surface area contributed by atoms with Gasteiger partial charge in [0.1, 0.15) is 0 Å². The van der Waals surface area contributed by atoms with Crippen molar-refractivity contribution in [3.05, 3.63) is 29.3 Å². The van der Waals surface area contributed by atoms with Crippen LogP contribution in [0.1, 0.15) is 11.1 Å². The first-order chi connectivity index (χ1) is 6.76. The molecule has 0 aliphatic rings. The quantitative estimate of drug-likeness (QED) is 0.826. The number of aromatic hydroxyl groups is 1. The Morgan fingerprint density at radius 2 is 2.14 bits per heavy atom. The molecule has 2 nitrogen and oxygen atoms in total. The van der Waals surface area contributed by atoms with E-state index in [1.807, 2.05) is 12.1 Å². The van der Waals surface area contributed by atoms with Crippen LogP contribution in [0.2, 0.25) is 0 Å². The van der Waals surface area contributed by atoms with E-state index in [1.165, 1.54) is 11.3 Å². The van der Waals surface area contributed by atoms with Gasteiger partial charge in [0, 0.05) is 15.4 Å². The molecule has 0 aliphatic heterocycles. The number of fused-ring (bicyclic) bond motifs is 1. The van der Waals surface area contributed by atoms with Gasteiger partial charge in [0.15, 0.2) is 5.06 Å². The normalized spacial score (nSPS) is 11.0. The molecule has 0 spiro atoms. The van der Waals surface area contributed by atoms with Crippen molar-refractivity contribution in [3.8, 4) is 5.06 Å². The first-order valence-corrected chi connectivity index (χ1v) is 6.10. The van der Waals surface area contributed by atoms with Crippen molar-refractivity contribution in [3.63, 3.8) is 0 Å². The Bertz CT molecular complexity index is 464. The first kappa shape index (κ1) is 9.96. The molecule has 0 saturated carbocycles. The van der Waals surface area contributed by atoms with Crippen molar-refractivity contribution in [1.29, 1.82) is 0 Å². The Labute approximate surface area is 93.9 Å². The summed E-state index contributed by atoms with van der Waals surface area (Å²) in [6.07, 6.45) is 0. The number of aliphatic hydroxyl groups excluding tert-OH is 1. The van der Waals surface area contributed by atoms with Crippen molar-refractivity contribution < 1.29 is 10.2 Å². The van der Waals surface area contributed by atoms with Gasteiger partial charge in [-0.2, -0.15) is 0 Å². The molecular weight excluding hydrogens is 264 g/mol. The smallest absolute Gasteiger partial charge is 0.172 e. The molecule has 1 aromatic heterocycles. The van der Waals surface area contributed by atoms with Gasteiger partial charge in [0.2, 0.25) is 0 Å². The van der Waals surface area contributed by atoms with Crippen LogP contribution in [0.15, 0.2) is 18.2 Å². The molecular formula is C10H9BrO2S. The lowest BCUT2D eigenvalue weighted by molar-refractivity contribution is 0.281. The minimum absolute atomic E-state index is 0.0352. The fraction of sp³-hybridized carbons (Fsp3) is 0.200. The highest BCUT2D eigenvalue weighted by Gasteiger charge is 2.08. The minimum Gasteiger partial charge on any atom is -0.499 e. The molecule has 2 rings (SSSR count). The molecule has 1 heterocycles. The summed E-state index contributed by atoms with van der Waals surface area (Å²) >= 11 is 4.75. The van der Waals surface area contributed by atoms with E-state index in [0.717, 1.165) is 21.2 Å². The molecule has 2 aromatic rings. The molecule has 2 N–H and O–H groups in total. The van der Waals surface area contributed by atoms with E-state index in [1.54, 1.807) is 6.07 Å². The molecule has 0 fully saturated rings. The lowest BCUT2D eigenvalue weighted by Crippen LogP contribution is -1.90. The Kier molecular flexibility index (Phi) is 2.76. The lowest BCUT2D eigenvalue weighted by atomic mass is 10.1. The van der Waals surface area contributed by atoms with Crippen molar-refractivity contribution in [1.82, 2.24) is 0 Å². The van der Waals surface area contributed by atoms with Gasteiger partial charge in [-0.05, 0) is 23.3 Å². The summed E-state index contributed by atoms with van der Waals surface area (Å²) in [7, 11) is 0. The van der Waals surface area contributed by atoms with Gasteiger partial charge in [-0.25, -0.2) is 0 Å². The highest BCUT2D eigenvalue weighted by molar-refractivity contribution is 9.08. The number of hydrogen-bond acceptors (Lipinski definition) is 3. The molecule has 0 amide bonds. The summed E-state index contributed by atoms with van der Waals surface area (Å²) in [5.41, 5.74) is 1.97. The van der Waals surface area contributed by atoms with Crippen LogP contribution in [0.5, 0.6) is 5.06 Å². The summed E-state index contributed by atoms with van der Waals surface area (Å²) in [5, 5.41) is 20.5. The number of hydrogen-bond donors (Lipinski definition) is 2. The maximum atomic E-state index is 9.38. The zero-order valence-electron chi connectivity index (χ0n) is 7.33. The van der Waals surface area contributed by atoms with Gasteiger partial charge >= 0.3 is 0 Å². The van der Waals surface area contributed by atoms with E-state index in [9.17, 15) is 5.11 Å². The van der Waals surface area contributed by atoms with Crippen LogP contribution in [0.4, 0.5) is 0 Å². The van der Waals surface area contributed by atoms with Crippen molar-refractivity contribution in [2.75, 3.05) is 0 Å². The Morgan fingerprint density at radius 3 is 2.79 bits per heavy atom. The van der Waals surface area contributed by atoms with E-state index in [2.05, 4.69) is 15.9 Å². The lowest BCUT2D eigenvalue weighted by Gasteiger charge is -2.04. The molecule has 0 atom stereocenters. The van der Waals surface area contributed by atoms with Crippen molar-refractivity contribution in [2.24, 2.45) is 0 Å². The molecule has 0 aliphatic carbocycles. The predicted molar refractivity (Wildman–Crippen MR) is 62.0 cm³/mol. The fourth-order valence-electron chi connectivity index (χ4n) is 1.51. The standard InChI is InChI=1S/C10H9BrO2S/c11-4-8-6(5-12)1-2-9-7(8)3-10(13)14-9/h1-3,12-13H,4-5H2.